The fourth-order valence-corrected chi connectivity index (χ4v) is 3.66. The summed E-state index contributed by atoms with van der Waals surface area (Å²) in [7, 11) is 1.71. The molecule has 1 aliphatic heterocycles. The third kappa shape index (κ3) is 3.39. The van der Waals surface area contributed by atoms with Crippen LogP contribution in [0.1, 0.15) is 5.56 Å². The third-order valence-electron chi connectivity index (χ3n) is 5.23. The summed E-state index contributed by atoms with van der Waals surface area (Å²) in [6.45, 7) is 1.30. The Labute approximate surface area is 178 Å². The Hall–Kier alpha value is -3.74. The Balaban J connectivity index is 1.75. The lowest BCUT2D eigenvalue weighted by molar-refractivity contribution is -0.136. The van der Waals surface area contributed by atoms with Crippen molar-refractivity contribution in [2.75, 3.05) is 25.0 Å². The topological polar surface area (TPSA) is 114 Å². The number of anilines is 1. The number of aromatic nitrogens is 6. The second kappa shape index (κ2) is 7.44. The number of nitrogens with zero attached hydrogens (tertiary/aromatic N) is 6. The number of amides is 1. The van der Waals surface area contributed by atoms with Gasteiger partial charge in [0.05, 0.1) is 11.1 Å². The SMILES string of the molecule is Cn1nccc1-c1nc2c3cccc(C(F)(F)F)c3nc(N[C@@H]3CNCCNC3=O)n2n1. The second-order valence-corrected chi connectivity index (χ2v) is 7.34. The fourth-order valence-electron chi connectivity index (χ4n) is 3.66. The normalized spacial score (nSPS) is 17.5. The number of carbonyl (C=O) groups excluding carboxylic acids is 1. The highest BCUT2D eigenvalue weighted by Gasteiger charge is 2.34. The minimum absolute atomic E-state index is 0.0195. The van der Waals surface area contributed by atoms with Crippen LogP contribution in [0, 0.1) is 0 Å². The summed E-state index contributed by atoms with van der Waals surface area (Å²) in [5.41, 5.74) is -0.412. The van der Waals surface area contributed by atoms with Crippen molar-refractivity contribution in [1.29, 1.82) is 0 Å². The van der Waals surface area contributed by atoms with Crippen molar-refractivity contribution in [3.8, 4) is 11.5 Å². The molecule has 1 atom stereocenters. The molecule has 0 aliphatic carbocycles. The van der Waals surface area contributed by atoms with Gasteiger partial charge in [-0.25, -0.2) is 9.97 Å². The van der Waals surface area contributed by atoms with Crippen molar-refractivity contribution in [2.45, 2.75) is 12.2 Å². The van der Waals surface area contributed by atoms with Gasteiger partial charge in [-0.05, 0) is 18.2 Å². The van der Waals surface area contributed by atoms with Crippen molar-refractivity contribution in [1.82, 2.24) is 40.0 Å². The molecule has 1 aliphatic rings. The number of aryl methyl sites for hydroxylation is 1. The van der Waals surface area contributed by atoms with E-state index in [1.165, 1.54) is 16.6 Å². The average Bonchev–Trinajstić information content (AvgIpc) is 3.32. The number of benzene rings is 1. The van der Waals surface area contributed by atoms with E-state index in [1.54, 1.807) is 24.0 Å². The maximum absolute atomic E-state index is 13.7. The van der Waals surface area contributed by atoms with Crippen LogP contribution >= 0.6 is 0 Å². The molecule has 0 radical (unpaired) electrons. The van der Waals surface area contributed by atoms with Crippen molar-refractivity contribution in [3.05, 3.63) is 36.0 Å². The highest BCUT2D eigenvalue weighted by Crippen LogP contribution is 2.36. The predicted molar refractivity (Wildman–Crippen MR) is 109 cm³/mol. The van der Waals surface area contributed by atoms with Crippen LogP contribution in [0.3, 0.4) is 0 Å². The first-order valence-electron chi connectivity index (χ1n) is 9.83. The largest absolute Gasteiger partial charge is 0.418 e. The molecule has 5 rings (SSSR count). The number of halogens is 3. The number of carbonyl (C=O) groups is 1. The Kier molecular flexibility index (Phi) is 4.69. The van der Waals surface area contributed by atoms with E-state index >= 15 is 0 Å². The van der Waals surface area contributed by atoms with Gasteiger partial charge in [0.15, 0.2) is 5.65 Å². The zero-order valence-corrected chi connectivity index (χ0v) is 16.8. The van der Waals surface area contributed by atoms with Crippen LogP contribution in [0.15, 0.2) is 30.5 Å². The maximum Gasteiger partial charge on any atom is 0.418 e. The molecule has 0 saturated carbocycles. The number of nitrogens with one attached hydrogen (secondary N) is 3. The van der Waals surface area contributed by atoms with Gasteiger partial charge in [-0.15, -0.1) is 5.10 Å². The van der Waals surface area contributed by atoms with E-state index in [0.29, 0.717) is 18.8 Å². The molecule has 166 valence electrons. The Morgan fingerprint density at radius 3 is 2.78 bits per heavy atom. The molecular formula is C19H18F3N9O. The van der Waals surface area contributed by atoms with Crippen LogP contribution in [-0.2, 0) is 18.0 Å². The van der Waals surface area contributed by atoms with E-state index in [2.05, 4.69) is 36.1 Å². The third-order valence-corrected chi connectivity index (χ3v) is 5.23. The maximum atomic E-state index is 13.7. The van der Waals surface area contributed by atoms with E-state index in [9.17, 15) is 18.0 Å². The Morgan fingerprint density at radius 2 is 2.03 bits per heavy atom. The van der Waals surface area contributed by atoms with E-state index in [1.807, 2.05) is 0 Å². The van der Waals surface area contributed by atoms with Gasteiger partial charge in [0.25, 0.3) is 0 Å². The minimum Gasteiger partial charge on any atom is -0.353 e. The van der Waals surface area contributed by atoms with Gasteiger partial charge in [-0.1, -0.05) is 6.07 Å². The van der Waals surface area contributed by atoms with Gasteiger partial charge < -0.3 is 16.0 Å². The second-order valence-electron chi connectivity index (χ2n) is 7.34. The van der Waals surface area contributed by atoms with Crippen molar-refractivity contribution in [2.24, 2.45) is 7.05 Å². The standard InChI is InChI=1S/C19H18F3N9O/c1-30-13(5-6-25-30)15-28-16-10-3-2-4-11(19(20,21)22)14(10)27-18(31(16)29-15)26-12-9-23-7-8-24-17(12)32/h2-6,12,23H,7-9H2,1H3,(H,24,32)(H,26,27)/t12-/m1/s1. The molecule has 0 spiro atoms. The number of hydrogen-bond donors (Lipinski definition) is 3. The first kappa shape index (κ1) is 20.2. The predicted octanol–water partition coefficient (Wildman–Crippen LogP) is 1.20. The highest BCUT2D eigenvalue weighted by molar-refractivity contribution is 5.95. The fraction of sp³-hybridized carbons (Fsp3) is 0.316. The van der Waals surface area contributed by atoms with Crippen LogP contribution in [0.25, 0.3) is 28.1 Å². The molecule has 1 fully saturated rings. The van der Waals surface area contributed by atoms with Crippen molar-refractivity contribution >= 4 is 28.4 Å². The molecule has 10 nitrogen and oxygen atoms in total. The quantitative estimate of drug-likeness (QED) is 0.434. The summed E-state index contributed by atoms with van der Waals surface area (Å²) >= 11 is 0. The van der Waals surface area contributed by atoms with E-state index in [4.69, 9.17) is 0 Å². The van der Waals surface area contributed by atoms with Crippen LogP contribution in [0.2, 0.25) is 0 Å². The molecular weight excluding hydrogens is 427 g/mol. The summed E-state index contributed by atoms with van der Waals surface area (Å²) < 4.78 is 44.0. The van der Waals surface area contributed by atoms with Crippen LogP contribution in [0.5, 0.6) is 0 Å². The lowest BCUT2D eigenvalue weighted by Crippen LogP contribution is -2.42. The summed E-state index contributed by atoms with van der Waals surface area (Å²) in [4.78, 5) is 21.1. The summed E-state index contributed by atoms with van der Waals surface area (Å²) in [5, 5.41) is 17.5. The van der Waals surface area contributed by atoms with Crippen LogP contribution in [0.4, 0.5) is 19.1 Å². The number of rotatable bonds is 3. The molecule has 1 aromatic carbocycles. The smallest absolute Gasteiger partial charge is 0.353 e. The Morgan fingerprint density at radius 1 is 1.19 bits per heavy atom. The molecule has 32 heavy (non-hydrogen) atoms. The molecule has 4 aromatic rings. The van der Waals surface area contributed by atoms with Crippen LogP contribution in [-0.4, -0.2) is 60.9 Å². The van der Waals surface area contributed by atoms with E-state index < -0.39 is 17.8 Å². The molecule has 0 unspecified atom stereocenters. The van der Waals surface area contributed by atoms with E-state index in [0.717, 1.165) is 6.07 Å². The first-order valence-corrected chi connectivity index (χ1v) is 9.83. The molecule has 1 saturated heterocycles. The number of para-hydroxylation sites is 1. The summed E-state index contributed by atoms with van der Waals surface area (Å²) in [6, 6.07) is 4.72. The minimum atomic E-state index is -4.62. The summed E-state index contributed by atoms with van der Waals surface area (Å²) in [5.74, 6) is -0.0432. The lowest BCUT2D eigenvalue weighted by atomic mass is 10.1. The highest BCUT2D eigenvalue weighted by atomic mass is 19.4. The van der Waals surface area contributed by atoms with Gasteiger partial charge in [-0.2, -0.15) is 22.8 Å². The molecule has 4 heterocycles. The zero-order chi connectivity index (χ0) is 22.5. The van der Waals surface area contributed by atoms with Gasteiger partial charge >= 0.3 is 6.18 Å². The van der Waals surface area contributed by atoms with Crippen LogP contribution < -0.4 is 16.0 Å². The lowest BCUT2D eigenvalue weighted by Gasteiger charge is -2.17. The zero-order valence-electron chi connectivity index (χ0n) is 16.8. The van der Waals surface area contributed by atoms with Gasteiger partial charge in [-0.3, -0.25) is 9.48 Å². The van der Waals surface area contributed by atoms with Gasteiger partial charge in [0.2, 0.25) is 17.7 Å². The first-order chi connectivity index (χ1) is 15.3. The van der Waals surface area contributed by atoms with Gasteiger partial charge in [0, 0.05) is 38.3 Å². The molecule has 1 amide bonds. The van der Waals surface area contributed by atoms with Crippen molar-refractivity contribution in [3.63, 3.8) is 0 Å². The molecule has 3 N–H and O–H groups in total. The number of hydrogen-bond acceptors (Lipinski definition) is 7. The molecule has 13 heteroatoms. The van der Waals surface area contributed by atoms with Crippen molar-refractivity contribution < 1.29 is 18.0 Å². The van der Waals surface area contributed by atoms with Gasteiger partial charge in [0.1, 0.15) is 11.7 Å². The summed E-state index contributed by atoms with van der Waals surface area (Å²) in [6.07, 6.45) is -3.05. The number of fused-ring (bicyclic) bond motifs is 3. The average molecular weight is 445 g/mol. The van der Waals surface area contributed by atoms with E-state index in [-0.39, 0.29) is 40.8 Å². The number of alkyl halides is 3. The molecule has 3 aromatic heterocycles. The molecule has 0 bridgehead atoms. The Bertz CT molecular complexity index is 1330. The monoisotopic (exact) mass is 445 g/mol.